The van der Waals surface area contributed by atoms with Gasteiger partial charge in [-0.05, 0) is 16.8 Å². The molecule has 12 heavy (non-hydrogen) atoms. The van der Waals surface area contributed by atoms with Crippen molar-refractivity contribution < 1.29 is 10.1 Å². The van der Waals surface area contributed by atoms with Gasteiger partial charge in [-0.3, -0.25) is 0 Å². The second-order valence-corrected chi connectivity index (χ2v) is 2.50. The van der Waals surface area contributed by atoms with E-state index in [1.165, 1.54) is 0 Å². The van der Waals surface area contributed by atoms with E-state index in [4.69, 9.17) is 5.26 Å². The van der Waals surface area contributed by atoms with Crippen molar-refractivity contribution in [3.63, 3.8) is 0 Å². The molecule has 0 aliphatic heterocycles. The zero-order chi connectivity index (χ0) is 8.39. The molecule has 0 bridgehead atoms. The molecule has 2 nitrogen and oxygen atoms in total. The van der Waals surface area contributed by atoms with Crippen molar-refractivity contribution in [2.75, 3.05) is 0 Å². The molecule has 0 atom stereocenters. The van der Waals surface area contributed by atoms with Crippen molar-refractivity contribution >= 4 is 10.8 Å². The molecule has 1 radical (unpaired) electrons. The number of fused-ring (bicyclic) bond motifs is 1. The number of rotatable bonds is 1. The first-order valence-corrected chi connectivity index (χ1v) is 3.62. The topological polar surface area (TPSA) is 29.5 Å². The van der Waals surface area contributed by atoms with E-state index in [2.05, 4.69) is 11.0 Å². The van der Waals surface area contributed by atoms with Crippen LogP contribution in [0.25, 0.3) is 10.8 Å². The molecule has 0 spiro atoms. The van der Waals surface area contributed by atoms with Crippen molar-refractivity contribution in [3.8, 4) is 5.75 Å². The van der Waals surface area contributed by atoms with Crippen LogP contribution in [-0.2, 0) is 0 Å². The number of benzene rings is 2. The molecule has 0 saturated heterocycles. The molecule has 0 unspecified atom stereocenters. The van der Waals surface area contributed by atoms with E-state index in [0.29, 0.717) is 5.75 Å². The van der Waals surface area contributed by atoms with Crippen LogP contribution < -0.4 is 4.89 Å². The third-order valence-electron chi connectivity index (χ3n) is 1.73. The number of hydrogen-bond donors (Lipinski definition) is 1. The normalized spacial score (nSPS) is 10.1. The SMILES string of the molecule is OOc1[c]c2ccccc2cc1. The van der Waals surface area contributed by atoms with Crippen molar-refractivity contribution in [3.05, 3.63) is 42.5 Å². The molecule has 2 aromatic rings. The van der Waals surface area contributed by atoms with Crippen LogP contribution in [0, 0.1) is 6.07 Å². The van der Waals surface area contributed by atoms with E-state index in [0.717, 1.165) is 10.8 Å². The Balaban J connectivity index is 2.67. The van der Waals surface area contributed by atoms with Gasteiger partial charge in [-0.15, -0.1) is 0 Å². The van der Waals surface area contributed by atoms with Crippen LogP contribution >= 0.6 is 0 Å². The van der Waals surface area contributed by atoms with E-state index in [1.807, 2.05) is 30.3 Å². The second-order valence-electron chi connectivity index (χ2n) is 2.50. The fourth-order valence-corrected chi connectivity index (χ4v) is 1.15. The van der Waals surface area contributed by atoms with Gasteiger partial charge in [-0.25, -0.2) is 5.26 Å². The minimum absolute atomic E-state index is 0.341. The Labute approximate surface area is 70.0 Å². The fraction of sp³-hybridized carbons (Fsp3) is 0. The average Bonchev–Trinajstić information content (AvgIpc) is 2.17. The molecule has 0 saturated carbocycles. The van der Waals surface area contributed by atoms with Gasteiger partial charge in [0.2, 0.25) is 0 Å². The molecule has 0 aliphatic carbocycles. The highest BCUT2D eigenvalue weighted by Crippen LogP contribution is 2.18. The first kappa shape index (κ1) is 7.13. The van der Waals surface area contributed by atoms with Gasteiger partial charge in [0.15, 0.2) is 5.75 Å². The Kier molecular flexibility index (Phi) is 1.68. The molecular weight excluding hydrogens is 152 g/mol. The second kappa shape index (κ2) is 2.83. The molecule has 0 aromatic heterocycles. The molecule has 0 fully saturated rings. The molecule has 59 valence electrons. The Morgan fingerprint density at radius 3 is 2.75 bits per heavy atom. The summed E-state index contributed by atoms with van der Waals surface area (Å²) < 4.78 is 0. The van der Waals surface area contributed by atoms with Crippen molar-refractivity contribution in [2.45, 2.75) is 0 Å². The van der Waals surface area contributed by atoms with Crippen LogP contribution in [0.3, 0.4) is 0 Å². The molecule has 0 amide bonds. The summed E-state index contributed by atoms with van der Waals surface area (Å²) in [5.41, 5.74) is 0. The molecular formula is C10H7O2. The maximum absolute atomic E-state index is 8.37. The largest absolute Gasteiger partial charge is 0.340 e. The predicted octanol–water partition coefficient (Wildman–Crippen LogP) is 2.49. The van der Waals surface area contributed by atoms with Gasteiger partial charge in [0, 0.05) is 6.07 Å². The lowest BCUT2D eigenvalue weighted by Gasteiger charge is -1.98. The minimum atomic E-state index is 0.341. The summed E-state index contributed by atoms with van der Waals surface area (Å²) in [6, 6.07) is 14.2. The summed E-state index contributed by atoms with van der Waals surface area (Å²) in [5.74, 6) is 0.341. The zero-order valence-corrected chi connectivity index (χ0v) is 6.32. The standard InChI is InChI=1S/C10H7O2/c11-12-10-6-5-8-3-1-2-4-9(8)7-10/h1-6,11H. The lowest BCUT2D eigenvalue weighted by atomic mass is 10.1. The highest BCUT2D eigenvalue weighted by atomic mass is 17.1. The average molecular weight is 159 g/mol. The van der Waals surface area contributed by atoms with Gasteiger partial charge in [0.1, 0.15) is 0 Å². The van der Waals surface area contributed by atoms with Crippen LogP contribution in [-0.4, -0.2) is 5.26 Å². The first-order valence-electron chi connectivity index (χ1n) is 3.62. The molecule has 1 N–H and O–H groups in total. The quantitative estimate of drug-likeness (QED) is 0.511. The molecule has 2 heteroatoms. The summed E-state index contributed by atoms with van der Waals surface area (Å²) in [5, 5.41) is 10.4. The van der Waals surface area contributed by atoms with Crippen LogP contribution in [0.2, 0.25) is 0 Å². The lowest BCUT2D eigenvalue weighted by Crippen LogP contribution is -1.83. The van der Waals surface area contributed by atoms with Crippen molar-refractivity contribution in [1.82, 2.24) is 0 Å². The highest BCUT2D eigenvalue weighted by Gasteiger charge is 1.95. The summed E-state index contributed by atoms with van der Waals surface area (Å²) >= 11 is 0. The third kappa shape index (κ3) is 1.12. The zero-order valence-electron chi connectivity index (χ0n) is 6.32. The van der Waals surface area contributed by atoms with E-state index in [1.54, 1.807) is 6.07 Å². The van der Waals surface area contributed by atoms with E-state index < -0.39 is 0 Å². The predicted molar refractivity (Wildman–Crippen MR) is 46.0 cm³/mol. The summed E-state index contributed by atoms with van der Waals surface area (Å²) in [6.07, 6.45) is 0. The Bertz CT molecular complexity index is 396. The van der Waals surface area contributed by atoms with Crippen LogP contribution in [0.4, 0.5) is 0 Å². The van der Waals surface area contributed by atoms with Gasteiger partial charge < -0.3 is 4.89 Å². The maximum atomic E-state index is 8.37. The highest BCUT2D eigenvalue weighted by molar-refractivity contribution is 5.82. The summed E-state index contributed by atoms with van der Waals surface area (Å²) in [6.45, 7) is 0. The monoisotopic (exact) mass is 159 g/mol. The molecule has 0 heterocycles. The van der Waals surface area contributed by atoms with Gasteiger partial charge in [-0.2, -0.15) is 0 Å². The summed E-state index contributed by atoms with van der Waals surface area (Å²) in [4.78, 5) is 4.07. The van der Waals surface area contributed by atoms with E-state index in [9.17, 15) is 0 Å². The smallest absolute Gasteiger partial charge is 0.173 e. The lowest BCUT2D eigenvalue weighted by molar-refractivity contribution is -0.137. The van der Waals surface area contributed by atoms with Crippen molar-refractivity contribution in [2.24, 2.45) is 0 Å². The van der Waals surface area contributed by atoms with Gasteiger partial charge in [0.05, 0.1) is 0 Å². The Morgan fingerprint density at radius 2 is 1.92 bits per heavy atom. The molecule has 2 rings (SSSR count). The van der Waals surface area contributed by atoms with Crippen molar-refractivity contribution in [1.29, 1.82) is 0 Å². The molecule has 2 aromatic carbocycles. The Morgan fingerprint density at radius 1 is 1.08 bits per heavy atom. The number of hydrogen-bond acceptors (Lipinski definition) is 2. The molecule has 0 aliphatic rings. The van der Waals surface area contributed by atoms with Crippen LogP contribution in [0.5, 0.6) is 5.75 Å². The van der Waals surface area contributed by atoms with E-state index >= 15 is 0 Å². The maximum Gasteiger partial charge on any atom is 0.173 e. The van der Waals surface area contributed by atoms with E-state index in [-0.39, 0.29) is 0 Å². The van der Waals surface area contributed by atoms with Crippen LogP contribution in [0.1, 0.15) is 0 Å². The Hall–Kier alpha value is -1.54. The minimum Gasteiger partial charge on any atom is -0.340 e. The van der Waals surface area contributed by atoms with Crippen LogP contribution in [0.15, 0.2) is 36.4 Å². The van der Waals surface area contributed by atoms with Gasteiger partial charge in [0.25, 0.3) is 0 Å². The first-order chi connectivity index (χ1) is 5.90. The van der Waals surface area contributed by atoms with Gasteiger partial charge in [-0.1, -0.05) is 30.3 Å². The fourth-order valence-electron chi connectivity index (χ4n) is 1.15. The van der Waals surface area contributed by atoms with Gasteiger partial charge >= 0.3 is 0 Å². The third-order valence-corrected chi connectivity index (χ3v) is 1.73. The summed E-state index contributed by atoms with van der Waals surface area (Å²) in [7, 11) is 0.